The third-order valence-electron chi connectivity index (χ3n) is 9.94. The summed E-state index contributed by atoms with van der Waals surface area (Å²) in [6, 6.07) is 25.2. The minimum absolute atomic E-state index is 0.0481. The summed E-state index contributed by atoms with van der Waals surface area (Å²) in [6.07, 6.45) is 4.39. The molecule has 12 heteroatoms. The first-order valence-electron chi connectivity index (χ1n) is 17.5. The van der Waals surface area contributed by atoms with Crippen LogP contribution in [0.15, 0.2) is 85.1 Å². The molecule has 1 saturated heterocycles. The normalized spacial score (nSPS) is 14.7. The Morgan fingerprint density at radius 1 is 0.981 bits per heavy atom. The first-order chi connectivity index (χ1) is 25.4. The van der Waals surface area contributed by atoms with Gasteiger partial charge >= 0.3 is 5.97 Å². The third-order valence-corrected chi connectivity index (χ3v) is 10.9. The number of hydrogen-bond acceptors (Lipinski definition) is 9. The summed E-state index contributed by atoms with van der Waals surface area (Å²) >= 11 is 1.43. The van der Waals surface area contributed by atoms with Crippen LogP contribution in [-0.4, -0.2) is 63.1 Å². The Morgan fingerprint density at radius 3 is 2.65 bits per heavy atom. The Kier molecular flexibility index (Phi) is 9.40. The van der Waals surface area contributed by atoms with E-state index in [1.54, 1.807) is 6.20 Å². The summed E-state index contributed by atoms with van der Waals surface area (Å²) in [5.74, 6) is 0.482. The van der Waals surface area contributed by atoms with Crippen LogP contribution in [0.2, 0.25) is 0 Å². The molecule has 11 nitrogen and oxygen atoms in total. The van der Waals surface area contributed by atoms with Crippen molar-refractivity contribution >= 4 is 44.4 Å². The minimum Gasteiger partial charge on any atom is -0.493 e. The number of carboxylic acids is 1. The number of rotatable bonds is 10. The van der Waals surface area contributed by atoms with Gasteiger partial charge in [0, 0.05) is 54.3 Å². The number of amides is 1. The Balaban J connectivity index is 1.01. The van der Waals surface area contributed by atoms with Crippen LogP contribution in [0.1, 0.15) is 56.1 Å². The van der Waals surface area contributed by atoms with Gasteiger partial charge in [-0.15, -0.1) is 0 Å². The van der Waals surface area contributed by atoms with Crippen LogP contribution < -0.4 is 15.0 Å². The summed E-state index contributed by atoms with van der Waals surface area (Å²) in [5.41, 5.74) is 6.36. The molecule has 2 aliphatic heterocycles. The predicted octanol–water partition coefficient (Wildman–Crippen LogP) is 7.23. The van der Waals surface area contributed by atoms with E-state index in [0.29, 0.717) is 66.2 Å². The topological polar surface area (TPSA) is 132 Å². The lowest BCUT2D eigenvalue weighted by Crippen LogP contribution is -2.33. The molecule has 8 rings (SSSR count). The van der Waals surface area contributed by atoms with Crippen molar-refractivity contribution in [2.24, 2.45) is 5.92 Å². The fourth-order valence-corrected chi connectivity index (χ4v) is 7.87. The number of aromatic nitrogens is 4. The summed E-state index contributed by atoms with van der Waals surface area (Å²) < 4.78 is 14.6. The molecule has 3 aromatic heterocycles. The van der Waals surface area contributed by atoms with Gasteiger partial charge in [0.1, 0.15) is 11.6 Å². The lowest BCUT2D eigenvalue weighted by atomic mass is 9.94. The maximum atomic E-state index is 13.5. The van der Waals surface area contributed by atoms with Gasteiger partial charge in [-0.25, -0.2) is 14.8 Å². The van der Waals surface area contributed by atoms with Crippen LogP contribution in [0.25, 0.3) is 21.3 Å². The highest BCUT2D eigenvalue weighted by Gasteiger charge is 2.26. The molecule has 1 fully saturated rings. The van der Waals surface area contributed by atoms with Crippen LogP contribution in [0.3, 0.4) is 0 Å². The number of fused-ring (bicyclic) bond motifs is 2. The van der Waals surface area contributed by atoms with Crippen LogP contribution in [0, 0.1) is 12.8 Å². The Bertz CT molecular complexity index is 2240. The highest BCUT2D eigenvalue weighted by atomic mass is 32.1. The Morgan fingerprint density at radius 2 is 1.81 bits per heavy atom. The van der Waals surface area contributed by atoms with Gasteiger partial charge in [-0.2, -0.15) is 5.10 Å². The summed E-state index contributed by atoms with van der Waals surface area (Å²) in [5, 5.41) is 18.5. The Hall–Kier alpha value is -5.59. The van der Waals surface area contributed by atoms with Crippen molar-refractivity contribution in [3.05, 3.63) is 119 Å². The van der Waals surface area contributed by atoms with Crippen LogP contribution in [-0.2, 0) is 24.2 Å². The number of pyridine rings is 1. The molecule has 0 atom stereocenters. The highest BCUT2D eigenvalue weighted by molar-refractivity contribution is 7.22. The molecule has 0 spiro atoms. The molecule has 2 N–H and O–H groups in total. The number of anilines is 2. The monoisotopic (exact) mass is 714 g/mol. The molecule has 3 aromatic carbocycles. The van der Waals surface area contributed by atoms with Crippen molar-refractivity contribution in [3.8, 4) is 16.9 Å². The first kappa shape index (κ1) is 33.5. The molecule has 0 unspecified atom stereocenters. The Labute approximate surface area is 304 Å². The van der Waals surface area contributed by atoms with E-state index >= 15 is 0 Å². The number of carboxylic acid groups (broad SMARTS) is 1. The van der Waals surface area contributed by atoms with Gasteiger partial charge in [0.2, 0.25) is 0 Å². The number of carbonyl (C=O) groups is 2. The van der Waals surface area contributed by atoms with Crippen molar-refractivity contribution in [2.45, 2.75) is 39.3 Å². The fraction of sp³-hybridized carbons (Fsp3) is 0.275. The zero-order chi connectivity index (χ0) is 35.6. The summed E-state index contributed by atoms with van der Waals surface area (Å²) in [6.45, 7) is 5.66. The summed E-state index contributed by atoms with van der Waals surface area (Å²) in [7, 11) is 0. The molecule has 1 amide bonds. The molecule has 2 aliphatic rings. The number of aromatic carboxylic acids is 1. The standard InChI is InChI=1S/C40H38N6O5S/c1-25-31(21-41-46(25)22-28-7-2-4-11-34(28)51-24-26-16-19-50-20-17-26)29-13-14-36(43-37(29)39(48)49)45-18-15-27-8-6-9-30(32(27)23-45)38(47)44-40-42-33-10-3-5-12-35(33)52-40/h2-14,21,26H,15-20,22-24H2,1H3,(H,48,49)(H,42,44,47). The molecular weight excluding hydrogens is 677 g/mol. The number of carbonyl (C=O) groups excluding carboxylic acids is 1. The maximum Gasteiger partial charge on any atom is 0.355 e. The molecule has 0 radical (unpaired) electrons. The number of nitrogens with one attached hydrogen (secondary N) is 1. The maximum absolute atomic E-state index is 13.5. The number of thiazole rings is 1. The highest BCUT2D eigenvalue weighted by Crippen LogP contribution is 2.33. The minimum atomic E-state index is -1.12. The number of benzene rings is 3. The van der Waals surface area contributed by atoms with Gasteiger partial charge < -0.3 is 19.5 Å². The molecule has 0 saturated carbocycles. The van der Waals surface area contributed by atoms with E-state index in [4.69, 9.17) is 9.47 Å². The molecule has 264 valence electrons. The van der Waals surface area contributed by atoms with Gasteiger partial charge in [0.25, 0.3) is 5.91 Å². The zero-order valence-electron chi connectivity index (χ0n) is 28.7. The van der Waals surface area contributed by atoms with E-state index in [0.717, 1.165) is 64.4 Å². The molecule has 6 aromatic rings. The molecule has 0 aliphatic carbocycles. The van der Waals surface area contributed by atoms with Gasteiger partial charge in [-0.1, -0.05) is 53.8 Å². The largest absolute Gasteiger partial charge is 0.493 e. The van der Waals surface area contributed by atoms with E-state index in [-0.39, 0.29) is 11.6 Å². The lowest BCUT2D eigenvalue weighted by Gasteiger charge is -2.31. The van der Waals surface area contributed by atoms with E-state index < -0.39 is 5.97 Å². The molecule has 0 bridgehead atoms. The molecular formula is C40H38N6O5S. The van der Waals surface area contributed by atoms with Gasteiger partial charge in [-0.05, 0) is 79.6 Å². The quantitative estimate of drug-likeness (QED) is 0.151. The second kappa shape index (κ2) is 14.6. The first-order valence-corrected chi connectivity index (χ1v) is 18.3. The molecule has 52 heavy (non-hydrogen) atoms. The van der Waals surface area contributed by atoms with Gasteiger partial charge in [0.05, 0.1) is 29.6 Å². The molecule has 5 heterocycles. The lowest BCUT2D eigenvalue weighted by molar-refractivity contribution is 0.0496. The smallest absolute Gasteiger partial charge is 0.355 e. The van der Waals surface area contributed by atoms with E-state index in [9.17, 15) is 14.7 Å². The van der Waals surface area contributed by atoms with Gasteiger partial charge in [0.15, 0.2) is 10.8 Å². The van der Waals surface area contributed by atoms with E-state index in [2.05, 4.69) is 20.4 Å². The number of nitrogens with zero attached hydrogens (tertiary/aromatic N) is 5. The fourth-order valence-electron chi connectivity index (χ4n) is 7.01. The van der Waals surface area contributed by atoms with Crippen molar-refractivity contribution in [2.75, 3.05) is 36.6 Å². The number of ether oxygens (including phenoxy) is 2. The SMILES string of the molecule is Cc1c(-c2ccc(N3CCc4cccc(C(=O)Nc5nc6ccccc6s5)c4C3)nc2C(=O)O)cnn1Cc1ccccc1OCC1CCOCC1. The van der Waals surface area contributed by atoms with Crippen molar-refractivity contribution in [1.29, 1.82) is 0 Å². The summed E-state index contributed by atoms with van der Waals surface area (Å²) in [4.78, 5) is 37.5. The average molecular weight is 715 g/mol. The van der Waals surface area contributed by atoms with Crippen molar-refractivity contribution in [3.63, 3.8) is 0 Å². The third kappa shape index (κ3) is 6.87. The van der Waals surface area contributed by atoms with E-state index in [1.165, 1.54) is 11.3 Å². The van der Waals surface area contributed by atoms with Crippen LogP contribution in [0.5, 0.6) is 5.75 Å². The van der Waals surface area contributed by atoms with Crippen LogP contribution >= 0.6 is 11.3 Å². The zero-order valence-corrected chi connectivity index (χ0v) is 29.6. The number of hydrogen-bond donors (Lipinski definition) is 2. The van der Waals surface area contributed by atoms with E-state index in [1.807, 2.05) is 95.4 Å². The average Bonchev–Trinajstić information content (AvgIpc) is 3.76. The van der Waals surface area contributed by atoms with Crippen molar-refractivity contribution in [1.82, 2.24) is 19.7 Å². The second-order valence-corrected chi connectivity index (χ2v) is 14.2. The van der Waals surface area contributed by atoms with Crippen LogP contribution in [0.4, 0.5) is 10.9 Å². The van der Waals surface area contributed by atoms with Crippen molar-refractivity contribution < 1.29 is 24.2 Å². The predicted molar refractivity (Wildman–Crippen MR) is 201 cm³/mol. The second-order valence-electron chi connectivity index (χ2n) is 13.2. The number of para-hydroxylation sites is 2. The van der Waals surface area contributed by atoms with Gasteiger partial charge in [-0.3, -0.25) is 14.8 Å².